The summed E-state index contributed by atoms with van der Waals surface area (Å²) in [6.07, 6.45) is 0.881. The number of nitrogens with one attached hydrogen (secondary N) is 2. The van der Waals surface area contributed by atoms with Gasteiger partial charge in [-0.1, -0.05) is 38.1 Å². The zero-order valence-electron chi connectivity index (χ0n) is 14.3. The number of aromatic amines is 1. The highest BCUT2D eigenvalue weighted by molar-refractivity contribution is 5.98. The van der Waals surface area contributed by atoms with E-state index in [1.807, 2.05) is 48.5 Å². The van der Waals surface area contributed by atoms with Crippen LogP contribution in [-0.2, 0) is 6.42 Å². The molecule has 124 valence electrons. The Morgan fingerprint density at radius 1 is 1.24 bits per heavy atom. The number of fused-ring (bicyclic) bond motifs is 2. The van der Waals surface area contributed by atoms with E-state index < -0.39 is 0 Å². The van der Waals surface area contributed by atoms with Crippen molar-refractivity contribution >= 4 is 16.8 Å². The van der Waals surface area contributed by atoms with E-state index in [0.29, 0.717) is 11.3 Å². The number of nitrogens with zero attached hydrogens (tertiary/aromatic N) is 1. The summed E-state index contributed by atoms with van der Waals surface area (Å²) in [6, 6.07) is 17.5. The van der Waals surface area contributed by atoms with E-state index in [9.17, 15) is 10.1 Å². The van der Waals surface area contributed by atoms with Gasteiger partial charge in [0.1, 0.15) is 5.69 Å². The Kier molecular flexibility index (Phi) is 3.40. The SMILES string of the molecule is CC1(C)Cc2ccc(C#N)cc2[C@@H]1NC(=O)c1cc2ccccc2[nH]1. The van der Waals surface area contributed by atoms with Gasteiger partial charge in [0.15, 0.2) is 0 Å². The van der Waals surface area contributed by atoms with E-state index in [-0.39, 0.29) is 17.4 Å². The van der Waals surface area contributed by atoms with Crippen molar-refractivity contribution in [2.75, 3.05) is 0 Å². The number of para-hydroxylation sites is 1. The molecule has 2 aromatic carbocycles. The fourth-order valence-corrected chi connectivity index (χ4v) is 3.79. The summed E-state index contributed by atoms with van der Waals surface area (Å²) in [5.74, 6) is -0.121. The summed E-state index contributed by atoms with van der Waals surface area (Å²) in [7, 11) is 0. The molecular weight excluding hydrogens is 310 g/mol. The van der Waals surface area contributed by atoms with Crippen LogP contribution < -0.4 is 5.32 Å². The molecule has 1 aliphatic carbocycles. The number of carbonyl (C=O) groups is 1. The van der Waals surface area contributed by atoms with Gasteiger partial charge in [-0.2, -0.15) is 5.26 Å². The minimum Gasteiger partial charge on any atom is -0.351 e. The van der Waals surface area contributed by atoms with Gasteiger partial charge in [-0.3, -0.25) is 4.79 Å². The van der Waals surface area contributed by atoms with Gasteiger partial charge in [-0.05, 0) is 47.2 Å². The topological polar surface area (TPSA) is 68.7 Å². The predicted molar refractivity (Wildman–Crippen MR) is 97.1 cm³/mol. The summed E-state index contributed by atoms with van der Waals surface area (Å²) in [6.45, 7) is 4.30. The fourth-order valence-electron chi connectivity index (χ4n) is 3.79. The van der Waals surface area contributed by atoms with Crippen molar-refractivity contribution in [1.82, 2.24) is 10.3 Å². The molecule has 1 heterocycles. The van der Waals surface area contributed by atoms with Crippen molar-refractivity contribution < 1.29 is 4.79 Å². The second-order valence-electron chi connectivity index (χ2n) is 7.37. The van der Waals surface area contributed by atoms with Crippen LogP contribution in [-0.4, -0.2) is 10.9 Å². The molecule has 0 saturated carbocycles. The zero-order chi connectivity index (χ0) is 17.6. The van der Waals surface area contributed by atoms with Crippen molar-refractivity contribution in [3.63, 3.8) is 0 Å². The van der Waals surface area contributed by atoms with Gasteiger partial charge in [0.2, 0.25) is 0 Å². The van der Waals surface area contributed by atoms with Crippen LogP contribution in [0.25, 0.3) is 10.9 Å². The normalized spacial score (nSPS) is 17.9. The van der Waals surface area contributed by atoms with Gasteiger partial charge in [0.05, 0.1) is 17.7 Å². The highest BCUT2D eigenvalue weighted by Crippen LogP contribution is 2.45. The molecule has 2 N–H and O–H groups in total. The first kappa shape index (κ1) is 15.5. The monoisotopic (exact) mass is 329 g/mol. The molecule has 1 aliphatic rings. The number of hydrogen-bond donors (Lipinski definition) is 2. The number of H-pyrrole nitrogens is 1. The van der Waals surface area contributed by atoms with Gasteiger partial charge in [0, 0.05) is 10.9 Å². The third-order valence-electron chi connectivity index (χ3n) is 5.06. The second kappa shape index (κ2) is 5.49. The van der Waals surface area contributed by atoms with Crippen LogP contribution in [0.1, 0.15) is 47.1 Å². The third-order valence-corrected chi connectivity index (χ3v) is 5.06. The molecule has 3 aromatic rings. The molecule has 0 fully saturated rings. The van der Waals surface area contributed by atoms with E-state index in [4.69, 9.17) is 0 Å². The Bertz CT molecular complexity index is 990. The number of aromatic nitrogens is 1. The van der Waals surface area contributed by atoms with E-state index in [0.717, 1.165) is 22.9 Å². The maximum Gasteiger partial charge on any atom is 0.268 e. The number of nitriles is 1. The van der Waals surface area contributed by atoms with E-state index in [1.165, 1.54) is 5.56 Å². The van der Waals surface area contributed by atoms with Gasteiger partial charge in [0.25, 0.3) is 5.91 Å². The first-order chi connectivity index (χ1) is 12.0. The summed E-state index contributed by atoms with van der Waals surface area (Å²) < 4.78 is 0. The molecule has 25 heavy (non-hydrogen) atoms. The number of carbonyl (C=O) groups excluding carboxylic acids is 1. The average molecular weight is 329 g/mol. The van der Waals surface area contributed by atoms with Crippen molar-refractivity contribution in [2.24, 2.45) is 5.41 Å². The Balaban J connectivity index is 1.67. The number of hydrogen-bond acceptors (Lipinski definition) is 2. The predicted octanol–water partition coefficient (Wildman–Crippen LogP) is 4.09. The molecule has 0 bridgehead atoms. The molecule has 1 amide bonds. The van der Waals surface area contributed by atoms with E-state index in [2.05, 4.69) is 30.2 Å². The zero-order valence-corrected chi connectivity index (χ0v) is 14.3. The van der Waals surface area contributed by atoms with Gasteiger partial charge < -0.3 is 10.3 Å². The molecule has 0 aliphatic heterocycles. The number of rotatable bonds is 2. The molecule has 0 spiro atoms. The van der Waals surface area contributed by atoms with Crippen LogP contribution in [0.2, 0.25) is 0 Å². The average Bonchev–Trinajstić information content (AvgIpc) is 3.13. The van der Waals surface area contributed by atoms with Crippen molar-refractivity contribution in [2.45, 2.75) is 26.3 Å². The minimum absolute atomic E-state index is 0.0991. The Morgan fingerprint density at radius 2 is 2.04 bits per heavy atom. The Morgan fingerprint density at radius 3 is 2.80 bits per heavy atom. The van der Waals surface area contributed by atoms with Crippen LogP contribution in [0.15, 0.2) is 48.5 Å². The molecule has 1 atom stereocenters. The van der Waals surface area contributed by atoms with Crippen LogP contribution in [0.3, 0.4) is 0 Å². The lowest BCUT2D eigenvalue weighted by Gasteiger charge is -2.28. The maximum absolute atomic E-state index is 12.8. The van der Waals surface area contributed by atoms with Gasteiger partial charge in [-0.25, -0.2) is 0 Å². The van der Waals surface area contributed by atoms with E-state index in [1.54, 1.807) is 0 Å². The Hall–Kier alpha value is -3.06. The molecule has 4 heteroatoms. The van der Waals surface area contributed by atoms with Crippen molar-refractivity contribution in [3.8, 4) is 6.07 Å². The quantitative estimate of drug-likeness (QED) is 0.743. The molecule has 1 aromatic heterocycles. The minimum atomic E-state index is -0.121. The largest absolute Gasteiger partial charge is 0.351 e. The lowest BCUT2D eigenvalue weighted by atomic mass is 9.85. The van der Waals surface area contributed by atoms with Gasteiger partial charge in [-0.15, -0.1) is 0 Å². The molecular formula is C21H19N3O. The summed E-state index contributed by atoms with van der Waals surface area (Å²) >= 11 is 0. The van der Waals surface area contributed by atoms with Gasteiger partial charge >= 0.3 is 0 Å². The molecule has 4 nitrogen and oxygen atoms in total. The standard InChI is InChI=1S/C21H19N3O/c1-21(2)11-15-8-7-13(12-22)9-16(15)19(21)24-20(25)18-10-14-5-3-4-6-17(14)23-18/h3-10,19,23H,11H2,1-2H3,(H,24,25)/t19-/m0/s1. The third kappa shape index (κ3) is 2.58. The van der Waals surface area contributed by atoms with Crippen molar-refractivity contribution in [3.05, 3.63) is 70.9 Å². The Labute approximate surface area is 146 Å². The van der Waals surface area contributed by atoms with Crippen LogP contribution in [0.4, 0.5) is 0 Å². The maximum atomic E-state index is 12.8. The van der Waals surface area contributed by atoms with Crippen LogP contribution >= 0.6 is 0 Å². The highest BCUT2D eigenvalue weighted by atomic mass is 16.2. The lowest BCUT2D eigenvalue weighted by Crippen LogP contribution is -2.35. The van der Waals surface area contributed by atoms with E-state index >= 15 is 0 Å². The lowest BCUT2D eigenvalue weighted by molar-refractivity contribution is 0.0899. The first-order valence-electron chi connectivity index (χ1n) is 8.39. The number of amides is 1. The fraction of sp³-hybridized carbons (Fsp3) is 0.238. The molecule has 4 rings (SSSR count). The smallest absolute Gasteiger partial charge is 0.268 e. The molecule has 0 saturated heterocycles. The summed E-state index contributed by atoms with van der Waals surface area (Å²) in [5.41, 5.74) is 4.28. The molecule has 0 unspecified atom stereocenters. The van der Waals surface area contributed by atoms with Crippen LogP contribution in [0, 0.1) is 16.7 Å². The molecule has 0 radical (unpaired) electrons. The second-order valence-corrected chi connectivity index (χ2v) is 7.37. The van der Waals surface area contributed by atoms with Crippen molar-refractivity contribution in [1.29, 1.82) is 5.26 Å². The first-order valence-corrected chi connectivity index (χ1v) is 8.39. The van der Waals surface area contributed by atoms with Crippen LogP contribution in [0.5, 0.6) is 0 Å². The summed E-state index contributed by atoms with van der Waals surface area (Å²) in [5, 5.41) is 13.4. The summed E-state index contributed by atoms with van der Waals surface area (Å²) in [4.78, 5) is 16.0. The number of benzene rings is 2. The highest BCUT2D eigenvalue weighted by Gasteiger charge is 2.40.